The van der Waals surface area contributed by atoms with Crippen LogP contribution in [0.5, 0.6) is 0 Å². The van der Waals surface area contributed by atoms with Crippen molar-refractivity contribution < 1.29 is 48.9 Å². The smallest absolute Gasteiger partial charge is 0.221 e. The molecule has 2 aromatic heterocycles. The van der Waals surface area contributed by atoms with E-state index >= 15 is 0 Å². The second-order valence-corrected chi connectivity index (χ2v) is 6.52. The van der Waals surface area contributed by atoms with Gasteiger partial charge in [0.25, 0.3) is 0 Å². The van der Waals surface area contributed by atoms with Crippen LogP contribution in [0, 0.1) is 0 Å². The van der Waals surface area contributed by atoms with Gasteiger partial charge in [0.2, 0.25) is 11.8 Å². The normalized spacial score (nSPS) is 11.7. The van der Waals surface area contributed by atoms with Crippen LogP contribution in [0.1, 0.15) is 24.2 Å². The van der Waals surface area contributed by atoms with Crippen LogP contribution >= 0.6 is 0 Å². The van der Waals surface area contributed by atoms with Crippen molar-refractivity contribution in [2.45, 2.75) is 37.8 Å². The Bertz CT molecular complexity index is 776. The Morgan fingerprint density at radius 1 is 0.818 bits per heavy atom. The fraction of sp³-hybridized carbons (Fsp3) is 0.444. The molecular formula is C18H26N8O6Zn-2. The number of carboxylic acid groups (broad SMARTS) is 2. The second kappa shape index (κ2) is 16.5. The maximum atomic E-state index is 11.2. The molecule has 0 unspecified atom stereocenters. The van der Waals surface area contributed by atoms with E-state index in [1.54, 1.807) is 0 Å². The Morgan fingerprint density at radius 3 is 1.42 bits per heavy atom. The van der Waals surface area contributed by atoms with Crippen molar-refractivity contribution >= 4 is 23.8 Å². The van der Waals surface area contributed by atoms with Gasteiger partial charge in [-0.2, -0.15) is 0 Å². The van der Waals surface area contributed by atoms with Crippen LogP contribution in [-0.4, -0.2) is 68.9 Å². The summed E-state index contributed by atoms with van der Waals surface area (Å²) in [7, 11) is 0. The fourth-order valence-corrected chi connectivity index (χ4v) is 2.41. The summed E-state index contributed by atoms with van der Waals surface area (Å²) in [4.78, 5) is 56.9. The monoisotopic (exact) mass is 514 g/mol. The van der Waals surface area contributed by atoms with Gasteiger partial charge < -0.3 is 51.9 Å². The van der Waals surface area contributed by atoms with E-state index in [4.69, 9.17) is 11.5 Å². The van der Waals surface area contributed by atoms with E-state index in [9.17, 15) is 29.4 Å². The Morgan fingerprint density at radius 2 is 1.18 bits per heavy atom. The third-order valence-corrected chi connectivity index (χ3v) is 3.94. The number of aromatic nitrogens is 4. The zero-order valence-electron chi connectivity index (χ0n) is 17.9. The van der Waals surface area contributed by atoms with E-state index in [1.165, 1.54) is 25.0 Å². The molecule has 178 valence electrons. The molecule has 2 heterocycles. The van der Waals surface area contributed by atoms with E-state index in [-0.39, 0.29) is 58.3 Å². The van der Waals surface area contributed by atoms with Crippen LogP contribution < -0.4 is 32.3 Å². The molecule has 2 atom stereocenters. The molecule has 2 amide bonds. The number of nitrogens with two attached hydrogens (primary N) is 2. The number of amides is 2. The number of carbonyl (C=O) groups is 4. The van der Waals surface area contributed by atoms with Gasteiger partial charge in [-0.05, 0) is 0 Å². The first-order valence-electron chi connectivity index (χ1n) is 9.61. The Balaban J connectivity index is 0.000000602. The van der Waals surface area contributed by atoms with Crippen molar-refractivity contribution in [2.75, 3.05) is 13.1 Å². The molecule has 15 heteroatoms. The molecule has 2 rings (SSSR count). The molecule has 0 spiro atoms. The number of nitrogens with one attached hydrogen (secondary N) is 4. The molecule has 8 N–H and O–H groups in total. The summed E-state index contributed by atoms with van der Waals surface area (Å²) in [6, 6.07) is -2.14. The molecule has 0 saturated carbocycles. The predicted octanol–water partition coefficient (Wildman–Crippen LogP) is -4.93. The minimum Gasteiger partial charge on any atom is -0.548 e. The van der Waals surface area contributed by atoms with Crippen molar-refractivity contribution in [3.05, 3.63) is 36.4 Å². The van der Waals surface area contributed by atoms with Crippen LogP contribution in [0.25, 0.3) is 0 Å². The number of carbonyl (C=O) groups excluding carboxylic acids is 4. The predicted molar refractivity (Wildman–Crippen MR) is 106 cm³/mol. The summed E-state index contributed by atoms with van der Waals surface area (Å²) >= 11 is 0. The van der Waals surface area contributed by atoms with Gasteiger partial charge in [0.1, 0.15) is 0 Å². The van der Waals surface area contributed by atoms with E-state index in [0.717, 1.165) is 0 Å². The maximum absolute atomic E-state index is 11.2. The van der Waals surface area contributed by atoms with Crippen molar-refractivity contribution in [1.29, 1.82) is 0 Å². The summed E-state index contributed by atoms with van der Waals surface area (Å²) in [5, 5.41) is 26.2. The Hall–Kier alpha value is -3.16. The van der Waals surface area contributed by atoms with Crippen LogP contribution in [-0.2, 0) is 51.5 Å². The summed E-state index contributed by atoms with van der Waals surface area (Å²) in [5.41, 5.74) is 11.6. The molecule has 0 aliphatic heterocycles. The number of nitrogens with zero attached hydrogens (tertiary/aromatic N) is 2. The molecule has 0 bridgehead atoms. The average Bonchev–Trinajstić information content (AvgIpc) is 3.42. The molecule has 0 saturated heterocycles. The Kier molecular flexibility index (Phi) is 14.9. The van der Waals surface area contributed by atoms with Crippen molar-refractivity contribution in [2.24, 2.45) is 11.5 Å². The first-order valence-corrected chi connectivity index (χ1v) is 9.61. The number of hydrogen-bond acceptors (Lipinski definition) is 10. The van der Waals surface area contributed by atoms with Crippen LogP contribution in [0.4, 0.5) is 0 Å². The molecule has 0 aliphatic rings. The second-order valence-electron chi connectivity index (χ2n) is 6.52. The number of imidazole rings is 2. The standard InChI is InChI=1S/2C9H14N4O3.Zn/c2*10-2-1-8(14)13-7(9(15)16)3-6-4-11-5-12-6;/h2*4-5,7H,1-3,10H2,(H,11,12)(H,13,14)(H,15,16);/p-2/t2*7-;/m10./s1. The molecule has 0 aromatic carbocycles. The number of rotatable bonds is 12. The molecule has 14 nitrogen and oxygen atoms in total. The van der Waals surface area contributed by atoms with Gasteiger partial charge in [-0.15, -0.1) is 0 Å². The summed E-state index contributed by atoms with van der Waals surface area (Å²) in [6.07, 6.45) is 6.25. The quantitative estimate of drug-likeness (QED) is 0.147. The van der Waals surface area contributed by atoms with Crippen LogP contribution in [0.3, 0.4) is 0 Å². The minimum absolute atomic E-state index is 0. The van der Waals surface area contributed by atoms with Gasteiger partial charge in [-0.3, -0.25) is 9.59 Å². The van der Waals surface area contributed by atoms with E-state index in [0.29, 0.717) is 11.4 Å². The molecule has 33 heavy (non-hydrogen) atoms. The van der Waals surface area contributed by atoms with Crippen molar-refractivity contribution in [3.63, 3.8) is 0 Å². The number of H-pyrrole nitrogens is 2. The van der Waals surface area contributed by atoms with Crippen LogP contribution in [0.2, 0.25) is 0 Å². The van der Waals surface area contributed by atoms with Crippen molar-refractivity contribution in [3.8, 4) is 0 Å². The molecule has 0 aliphatic carbocycles. The molecule has 0 radical (unpaired) electrons. The van der Waals surface area contributed by atoms with E-state index in [1.807, 2.05) is 0 Å². The van der Waals surface area contributed by atoms with E-state index < -0.39 is 35.8 Å². The van der Waals surface area contributed by atoms with Gasteiger partial charge in [0.15, 0.2) is 0 Å². The number of carboxylic acids is 2. The number of aliphatic carboxylic acids is 2. The Labute approximate surface area is 202 Å². The number of hydrogen-bond donors (Lipinski definition) is 6. The summed E-state index contributed by atoms with van der Waals surface area (Å²) in [6.45, 7) is 0.352. The number of aromatic amines is 2. The van der Waals surface area contributed by atoms with E-state index in [2.05, 4.69) is 30.6 Å². The van der Waals surface area contributed by atoms with Gasteiger partial charge in [-0.25, -0.2) is 9.97 Å². The first-order chi connectivity index (χ1) is 15.3. The first kappa shape index (κ1) is 29.8. The zero-order valence-corrected chi connectivity index (χ0v) is 20.9. The molecular weight excluding hydrogens is 490 g/mol. The van der Waals surface area contributed by atoms with Gasteiger partial charge in [-0.1, -0.05) is 0 Å². The topological polar surface area (TPSA) is 248 Å². The van der Waals surface area contributed by atoms with Gasteiger partial charge in [0, 0.05) is 82.0 Å². The summed E-state index contributed by atoms with van der Waals surface area (Å²) < 4.78 is 0. The van der Waals surface area contributed by atoms with Crippen molar-refractivity contribution in [1.82, 2.24) is 30.6 Å². The zero-order chi connectivity index (χ0) is 23.9. The largest absolute Gasteiger partial charge is 0.548 e. The minimum atomic E-state index is -1.33. The maximum Gasteiger partial charge on any atom is 0.221 e. The average molecular weight is 516 g/mol. The van der Waals surface area contributed by atoms with Gasteiger partial charge in [0.05, 0.1) is 36.7 Å². The molecule has 2 aromatic rings. The van der Waals surface area contributed by atoms with Crippen LogP contribution in [0.15, 0.2) is 25.0 Å². The fourth-order valence-electron chi connectivity index (χ4n) is 2.41. The molecule has 0 fully saturated rings. The SMILES string of the molecule is NCCC(=O)N[C@@H](Cc1cnc[nH]1)C(=O)[O-].NCCC(=O)N[C@H](Cc1cnc[nH]1)C(=O)[O-].[Zn]. The third-order valence-electron chi connectivity index (χ3n) is 3.94. The van der Waals surface area contributed by atoms with Gasteiger partial charge >= 0.3 is 0 Å². The summed E-state index contributed by atoms with van der Waals surface area (Å²) in [5.74, 6) is -3.48. The third kappa shape index (κ3) is 12.5.